The zero-order valence-corrected chi connectivity index (χ0v) is 12.1. The zero-order chi connectivity index (χ0) is 14.3. The van der Waals surface area contributed by atoms with E-state index in [0.717, 1.165) is 31.2 Å². The number of halogens is 1. The number of rotatable bonds is 6. The van der Waals surface area contributed by atoms with Gasteiger partial charge in [0.1, 0.15) is 0 Å². The molecular weight excluding hydrogens is 280 g/mol. The molecule has 0 aliphatic heterocycles. The Morgan fingerprint density at radius 3 is 2.65 bits per heavy atom. The first kappa shape index (κ1) is 13.6. The van der Waals surface area contributed by atoms with Gasteiger partial charge in [-0.1, -0.05) is 11.6 Å². The number of benzene rings is 1. The van der Waals surface area contributed by atoms with Crippen molar-refractivity contribution in [3.05, 3.63) is 22.7 Å². The van der Waals surface area contributed by atoms with Gasteiger partial charge in [0.05, 0.1) is 24.7 Å². The lowest BCUT2D eigenvalue weighted by Crippen LogP contribution is -2.13. The van der Waals surface area contributed by atoms with Crippen molar-refractivity contribution in [2.24, 2.45) is 0 Å². The minimum atomic E-state index is -0.782. The summed E-state index contributed by atoms with van der Waals surface area (Å²) in [5.41, 5.74) is 0.658. The monoisotopic (exact) mass is 296 g/mol. The molecule has 0 atom stereocenters. The second kappa shape index (κ2) is 4.85. The molecule has 4 nitrogen and oxygen atoms in total. The fraction of sp³-hybridized carbons (Fsp3) is 0.533. The van der Waals surface area contributed by atoms with Gasteiger partial charge in [0.2, 0.25) is 0 Å². The number of aliphatic carboxylic acids is 1. The van der Waals surface area contributed by atoms with Crippen LogP contribution >= 0.6 is 11.6 Å². The van der Waals surface area contributed by atoms with Gasteiger partial charge in [0.25, 0.3) is 0 Å². The largest absolute Gasteiger partial charge is 0.493 e. The molecule has 1 aromatic carbocycles. The van der Waals surface area contributed by atoms with Crippen molar-refractivity contribution < 1.29 is 19.4 Å². The van der Waals surface area contributed by atoms with Crippen LogP contribution in [0.4, 0.5) is 0 Å². The van der Waals surface area contributed by atoms with Crippen LogP contribution in [0.3, 0.4) is 0 Å². The zero-order valence-electron chi connectivity index (χ0n) is 11.3. The number of hydrogen-bond donors (Lipinski definition) is 1. The van der Waals surface area contributed by atoms with Gasteiger partial charge in [-0.25, -0.2) is 0 Å². The summed E-state index contributed by atoms with van der Waals surface area (Å²) in [7, 11) is 1.58. The molecule has 108 valence electrons. The SMILES string of the molecule is COc1cc(C2(CC(=O)O)CC2)cc(Cl)c1OC1CC1. The van der Waals surface area contributed by atoms with Crippen LogP contribution in [0.1, 0.15) is 37.7 Å². The van der Waals surface area contributed by atoms with E-state index >= 15 is 0 Å². The van der Waals surface area contributed by atoms with E-state index in [1.165, 1.54) is 0 Å². The molecule has 0 spiro atoms. The predicted octanol–water partition coefficient (Wildman–Crippen LogP) is 3.40. The third-order valence-corrected chi connectivity index (χ3v) is 4.27. The summed E-state index contributed by atoms with van der Waals surface area (Å²) in [5, 5.41) is 9.54. The van der Waals surface area contributed by atoms with Crippen molar-refractivity contribution in [1.29, 1.82) is 0 Å². The van der Waals surface area contributed by atoms with Crippen molar-refractivity contribution in [3.63, 3.8) is 0 Å². The summed E-state index contributed by atoms with van der Waals surface area (Å²) in [5.74, 6) is 0.388. The smallest absolute Gasteiger partial charge is 0.304 e. The fourth-order valence-electron chi connectivity index (χ4n) is 2.50. The Morgan fingerprint density at radius 1 is 1.45 bits per heavy atom. The average Bonchev–Trinajstić information content (AvgIpc) is 3.27. The van der Waals surface area contributed by atoms with Crippen molar-refractivity contribution in [3.8, 4) is 11.5 Å². The first-order chi connectivity index (χ1) is 9.54. The summed E-state index contributed by atoms with van der Waals surface area (Å²) in [4.78, 5) is 11.0. The molecule has 3 rings (SSSR count). The van der Waals surface area contributed by atoms with E-state index in [2.05, 4.69) is 0 Å². The quantitative estimate of drug-likeness (QED) is 0.874. The van der Waals surface area contributed by atoms with Crippen molar-refractivity contribution in [1.82, 2.24) is 0 Å². The molecule has 2 aliphatic rings. The number of hydrogen-bond acceptors (Lipinski definition) is 3. The molecule has 2 aliphatic carbocycles. The molecular formula is C15H17ClO4. The van der Waals surface area contributed by atoms with Crippen LogP contribution in [-0.2, 0) is 10.2 Å². The van der Waals surface area contributed by atoms with Crippen LogP contribution in [0.2, 0.25) is 5.02 Å². The van der Waals surface area contributed by atoms with Gasteiger partial charge in [0, 0.05) is 5.41 Å². The van der Waals surface area contributed by atoms with Gasteiger partial charge in [-0.3, -0.25) is 4.79 Å². The lowest BCUT2D eigenvalue weighted by molar-refractivity contribution is -0.137. The van der Waals surface area contributed by atoms with Gasteiger partial charge >= 0.3 is 5.97 Å². The highest BCUT2D eigenvalue weighted by atomic mass is 35.5. The summed E-state index contributed by atoms with van der Waals surface area (Å²) < 4.78 is 11.1. The Hall–Kier alpha value is -1.42. The maximum Gasteiger partial charge on any atom is 0.304 e. The second-order valence-electron chi connectivity index (χ2n) is 5.66. The molecule has 20 heavy (non-hydrogen) atoms. The normalized spacial score (nSPS) is 19.5. The Kier molecular flexibility index (Phi) is 3.28. The van der Waals surface area contributed by atoms with Crippen LogP contribution in [0.25, 0.3) is 0 Å². The first-order valence-electron chi connectivity index (χ1n) is 6.80. The van der Waals surface area contributed by atoms with Crippen molar-refractivity contribution in [2.45, 2.75) is 43.6 Å². The van der Waals surface area contributed by atoms with Gasteiger partial charge in [-0.2, -0.15) is 0 Å². The van der Waals surface area contributed by atoms with Gasteiger partial charge < -0.3 is 14.6 Å². The van der Waals surface area contributed by atoms with Crippen LogP contribution in [0, 0.1) is 0 Å². The van der Waals surface area contributed by atoms with E-state index in [4.69, 9.17) is 26.2 Å². The van der Waals surface area contributed by atoms with E-state index in [1.807, 2.05) is 12.1 Å². The molecule has 5 heteroatoms. The minimum absolute atomic E-state index is 0.134. The summed E-state index contributed by atoms with van der Waals surface area (Å²) in [6, 6.07) is 3.71. The van der Waals surface area contributed by atoms with Crippen LogP contribution < -0.4 is 9.47 Å². The highest BCUT2D eigenvalue weighted by Gasteiger charge is 2.46. The predicted molar refractivity (Wildman–Crippen MR) is 74.8 cm³/mol. The van der Waals surface area contributed by atoms with Gasteiger partial charge in [0.15, 0.2) is 11.5 Å². The topological polar surface area (TPSA) is 55.8 Å². The van der Waals surface area contributed by atoms with Gasteiger partial charge in [-0.05, 0) is 43.4 Å². The minimum Gasteiger partial charge on any atom is -0.493 e. The highest BCUT2D eigenvalue weighted by molar-refractivity contribution is 6.32. The molecule has 2 saturated carbocycles. The van der Waals surface area contributed by atoms with Gasteiger partial charge in [-0.15, -0.1) is 0 Å². The van der Waals surface area contributed by atoms with E-state index in [9.17, 15) is 4.79 Å². The molecule has 0 unspecified atom stereocenters. The Bertz CT molecular complexity index is 547. The second-order valence-corrected chi connectivity index (χ2v) is 6.06. The van der Waals surface area contributed by atoms with E-state index in [0.29, 0.717) is 16.5 Å². The molecule has 0 amide bonds. The number of carboxylic acid groups (broad SMARTS) is 1. The standard InChI is InChI=1S/C15H17ClO4/c1-19-12-7-9(15(4-5-15)8-13(17)18)6-11(16)14(12)20-10-2-3-10/h6-7,10H,2-5,8H2,1H3,(H,17,18). The molecule has 0 aromatic heterocycles. The first-order valence-corrected chi connectivity index (χ1v) is 7.18. The number of ether oxygens (including phenoxy) is 2. The van der Waals surface area contributed by atoms with Crippen LogP contribution in [0.15, 0.2) is 12.1 Å². The van der Waals surface area contributed by atoms with Crippen molar-refractivity contribution in [2.75, 3.05) is 7.11 Å². The Morgan fingerprint density at radius 2 is 2.15 bits per heavy atom. The summed E-state index contributed by atoms with van der Waals surface area (Å²) in [6.07, 6.45) is 4.22. The number of methoxy groups -OCH3 is 1. The fourth-order valence-corrected chi connectivity index (χ4v) is 2.76. The third kappa shape index (κ3) is 2.57. The highest BCUT2D eigenvalue weighted by Crippen LogP contribution is 2.54. The molecule has 0 radical (unpaired) electrons. The lowest BCUT2D eigenvalue weighted by Gasteiger charge is -2.18. The number of carboxylic acids is 1. The van der Waals surface area contributed by atoms with E-state index < -0.39 is 5.97 Å². The molecule has 0 bridgehead atoms. The Labute approximate surface area is 122 Å². The maximum absolute atomic E-state index is 11.0. The maximum atomic E-state index is 11.0. The van der Waals surface area contributed by atoms with Crippen LogP contribution in [0.5, 0.6) is 11.5 Å². The molecule has 0 heterocycles. The summed E-state index contributed by atoms with van der Waals surface area (Å²) >= 11 is 6.30. The molecule has 1 aromatic rings. The average molecular weight is 297 g/mol. The van der Waals surface area contributed by atoms with Crippen molar-refractivity contribution >= 4 is 17.6 Å². The summed E-state index contributed by atoms with van der Waals surface area (Å²) in [6.45, 7) is 0. The molecule has 0 saturated heterocycles. The molecule has 2 fully saturated rings. The molecule has 1 N–H and O–H groups in total. The third-order valence-electron chi connectivity index (χ3n) is 3.99. The Balaban J connectivity index is 1.93. The lowest BCUT2D eigenvalue weighted by atomic mass is 9.92. The van der Waals surface area contributed by atoms with E-state index in [-0.39, 0.29) is 17.9 Å². The van der Waals surface area contributed by atoms with E-state index in [1.54, 1.807) is 7.11 Å². The van der Waals surface area contributed by atoms with Crippen LogP contribution in [-0.4, -0.2) is 24.3 Å². The number of carbonyl (C=O) groups is 1.